The van der Waals surface area contributed by atoms with Crippen LogP contribution in [0.25, 0.3) is 0 Å². The van der Waals surface area contributed by atoms with E-state index < -0.39 is 5.82 Å². The second kappa shape index (κ2) is 7.50. The van der Waals surface area contributed by atoms with Gasteiger partial charge in [0, 0.05) is 23.7 Å². The summed E-state index contributed by atoms with van der Waals surface area (Å²) in [5.41, 5.74) is 1.96. The molecule has 0 radical (unpaired) electrons. The van der Waals surface area contributed by atoms with Crippen LogP contribution in [-0.2, 0) is 22.6 Å². The third-order valence-electron chi connectivity index (χ3n) is 6.48. The Balaban J connectivity index is 1.08. The normalized spacial score (nSPS) is 27.9. The topological polar surface area (TPSA) is 79.5 Å². The van der Waals surface area contributed by atoms with Gasteiger partial charge in [-0.2, -0.15) is 0 Å². The van der Waals surface area contributed by atoms with E-state index in [1.165, 1.54) is 23.3 Å². The van der Waals surface area contributed by atoms with Crippen LogP contribution < -0.4 is 20.7 Å². The molecule has 3 fully saturated rings. The minimum Gasteiger partial charge on any atom is -0.484 e. The predicted molar refractivity (Wildman–Crippen MR) is 113 cm³/mol. The molecule has 3 saturated carbocycles. The highest BCUT2D eigenvalue weighted by Gasteiger charge is 2.69. The lowest BCUT2D eigenvalue weighted by atomic mass is 9.44. The molecule has 6 rings (SSSR count). The van der Waals surface area contributed by atoms with Crippen molar-refractivity contribution in [2.75, 3.05) is 6.61 Å². The SMILES string of the molecule is O=C(COc1ccc(Cl)c(F)c1)NC12CC(NC(=O)C3Cc4ccccc4CN3)(C1)C2. The first kappa shape index (κ1) is 20.3. The summed E-state index contributed by atoms with van der Waals surface area (Å²) in [6, 6.07) is 12.0. The first-order valence-corrected chi connectivity index (χ1v) is 10.7. The smallest absolute Gasteiger partial charge is 0.258 e. The molecular formula is C23H23ClFN3O3. The van der Waals surface area contributed by atoms with E-state index in [0.29, 0.717) is 13.0 Å². The van der Waals surface area contributed by atoms with Gasteiger partial charge in [0.2, 0.25) is 5.91 Å². The first-order chi connectivity index (χ1) is 14.9. The third-order valence-corrected chi connectivity index (χ3v) is 6.79. The number of carbonyl (C=O) groups is 2. The van der Waals surface area contributed by atoms with Crippen LogP contribution >= 0.6 is 11.6 Å². The number of halogens is 2. The van der Waals surface area contributed by atoms with E-state index >= 15 is 0 Å². The molecule has 0 spiro atoms. The van der Waals surface area contributed by atoms with Crippen molar-refractivity contribution in [2.24, 2.45) is 0 Å². The van der Waals surface area contributed by atoms with Gasteiger partial charge in [0.1, 0.15) is 11.6 Å². The van der Waals surface area contributed by atoms with Gasteiger partial charge >= 0.3 is 0 Å². The minimum atomic E-state index is -0.590. The molecule has 4 aliphatic rings. The fraction of sp³-hybridized carbons (Fsp3) is 0.391. The van der Waals surface area contributed by atoms with Crippen molar-refractivity contribution in [3.8, 4) is 5.75 Å². The molecule has 31 heavy (non-hydrogen) atoms. The molecule has 0 saturated heterocycles. The molecule has 2 amide bonds. The van der Waals surface area contributed by atoms with Crippen LogP contribution in [0.3, 0.4) is 0 Å². The number of hydrogen-bond donors (Lipinski definition) is 3. The lowest BCUT2D eigenvalue weighted by molar-refractivity contribution is -0.151. The highest BCUT2D eigenvalue weighted by atomic mass is 35.5. The molecule has 1 atom stereocenters. The zero-order valence-electron chi connectivity index (χ0n) is 16.8. The molecular weight excluding hydrogens is 421 g/mol. The van der Waals surface area contributed by atoms with Crippen molar-refractivity contribution in [1.29, 1.82) is 0 Å². The van der Waals surface area contributed by atoms with Gasteiger partial charge in [-0.25, -0.2) is 4.39 Å². The molecule has 6 nitrogen and oxygen atoms in total. The largest absolute Gasteiger partial charge is 0.484 e. The third kappa shape index (κ3) is 3.88. The van der Waals surface area contributed by atoms with Crippen molar-refractivity contribution < 1.29 is 18.7 Å². The zero-order valence-corrected chi connectivity index (χ0v) is 17.6. The summed E-state index contributed by atoms with van der Waals surface area (Å²) in [6.07, 6.45) is 2.84. The van der Waals surface area contributed by atoms with E-state index in [1.54, 1.807) is 0 Å². The average Bonchev–Trinajstić information content (AvgIpc) is 2.71. The lowest BCUT2D eigenvalue weighted by Gasteiger charge is -2.70. The summed E-state index contributed by atoms with van der Waals surface area (Å²) in [5, 5.41) is 9.50. The molecule has 1 unspecified atom stereocenters. The maximum atomic E-state index is 13.4. The fourth-order valence-corrected chi connectivity index (χ4v) is 5.21. The molecule has 8 heteroatoms. The van der Waals surface area contributed by atoms with E-state index in [0.717, 1.165) is 25.3 Å². The van der Waals surface area contributed by atoms with Crippen molar-refractivity contribution in [3.63, 3.8) is 0 Å². The standard InChI is InChI=1S/C23H23ClFN3O3/c24-17-6-5-16(8-18(17)25)31-10-20(29)27-22-11-23(12-22,13-22)28-21(30)19-7-14-3-1-2-4-15(14)9-26-19/h1-6,8,19,26H,7,9-13H2,(H,27,29)(H,28,30). The Morgan fingerprint density at radius 3 is 2.55 bits per heavy atom. The minimum absolute atomic E-state index is 0.00523. The highest BCUT2D eigenvalue weighted by Crippen LogP contribution is 2.60. The Morgan fingerprint density at radius 1 is 1.10 bits per heavy atom. The molecule has 3 N–H and O–H groups in total. The summed E-state index contributed by atoms with van der Waals surface area (Å²) >= 11 is 5.64. The lowest BCUT2D eigenvalue weighted by Crippen LogP contribution is -2.84. The summed E-state index contributed by atoms with van der Waals surface area (Å²) in [7, 11) is 0. The molecule has 3 aliphatic carbocycles. The number of nitrogens with one attached hydrogen (secondary N) is 3. The van der Waals surface area contributed by atoms with Crippen LogP contribution in [0.15, 0.2) is 42.5 Å². The number of amides is 2. The number of benzene rings is 2. The number of carbonyl (C=O) groups excluding carboxylic acids is 2. The van der Waals surface area contributed by atoms with Crippen LogP contribution in [0.2, 0.25) is 5.02 Å². The number of fused-ring (bicyclic) bond motifs is 1. The van der Waals surface area contributed by atoms with Crippen LogP contribution in [0.4, 0.5) is 4.39 Å². The predicted octanol–water partition coefficient (Wildman–Crippen LogP) is 2.48. The van der Waals surface area contributed by atoms with Gasteiger partial charge in [-0.15, -0.1) is 0 Å². The Bertz CT molecular complexity index is 1040. The van der Waals surface area contributed by atoms with Gasteiger partial charge in [0.05, 0.1) is 11.1 Å². The van der Waals surface area contributed by atoms with Gasteiger partial charge in [-0.1, -0.05) is 35.9 Å². The quantitative estimate of drug-likeness (QED) is 0.641. The van der Waals surface area contributed by atoms with Crippen molar-refractivity contribution in [3.05, 3.63) is 64.4 Å². The second-order valence-corrected chi connectivity index (χ2v) is 9.31. The summed E-state index contributed by atoms with van der Waals surface area (Å²) in [6.45, 7) is 0.492. The molecule has 2 aromatic carbocycles. The molecule has 0 aromatic heterocycles. The van der Waals surface area contributed by atoms with Gasteiger partial charge in [0.25, 0.3) is 5.91 Å². The number of hydrogen-bond acceptors (Lipinski definition) is 4. The molecule has 162 valence electrons. The number of rotatable bonds is 6. The second-order valence-electron chi connectivity index (χ2n) is 8.90. The van der Waals surface area contributed by atoms with E-state index in [-0.39, 0.29) is 46.3 Å². The van der Waals surface area contributed by atoms with Crippen molar-refractivity contribution >= 4 is 23.4 Å². The van der Waals surface area contributed by atoms with Gasteiger partial charge < -0.3 is 20.7 Å². The van der Waals surface area contributed by atoms with E-state index in [9.17, 15) is 14.0 Å². The van der Waals surface area contributed by atoms with Crippen molar-refractivity contribution in [1.82, 2.24) is 16.0 Å². The average molecular weight is 444 g/mol. The van der Waals surface area contributed by atoms with Gasteiger partial charge in [-0.3, -0.25) is 9.59 Å². The van der Waals surface area contributed by atoms with Crippen LogP contribution in [-0.4, -0.2) is 35.5 Å². The Kier molecular flexibility index (Phi) is 4.90. The highest BCUT2D eigenvalue weighted by molar-refractivity contribution is 6.30. The monoisotopic (exact) mass is 443 g/mol. The molecule has 1 heterocycles. The molecule has 2 bridgehead atoms. The van der Waals surface area contributed by atoms with Crippen molar-refractivity contribution in [2.45, 2.75) is 49.3 Å². The fourth-order valence-electron chi connectivity index (χ4n) is 5.09. The molecule has 2 aromatic rings. The maximum absolute atomic E-state index is 13.4. The van der Waals surface area contributed by atoms with E-state index in [4.69, 9.17) is 16.3 Å². The van der Waals surface area contributed by atoms with Crippen LogP contribution in [0.1, 0.15) is 30.4 Å². The van der Waals surface area contributed by atoms with E-state index in [1.807, 2.05) is 12.1 Å². The molecule has 1 aliphatic heterocycles. The number of ether oxygens (including phenoxy) is 1. The Morgan fingerprint density at radius 2 is 1.81 bits per heavy atom. The van der Waals surface area contributed by atoms with Crippen LogP contribution in [0, 0.1) is 5.82 Å². The first-order valence-electron chi connectivity index (χ1n) is 10.4. The summed E-state index contributed by atoms with van der Waals surface area (Å²) in [4.78, 5) is 25.0. The Hall–Kier alpha value is -2.64. The summed E-state index contributed by atoms with van der Waals surface area (Å²) < 4.78 is 18.8. The zero-order chi connectivity index (χ0) is 21.6. The summed E-state index contributed by atoms with van der Waals surface area (Å²) in [5.74, 6) is -0.588. The van der Waals surface area contributed by atoms with Gasteiger partial charge in [-0.05, 0) is 48.9 Å². The van der Waals surface area contributed by atoms with Crippen LogP contribution in [0.5, 0.6) is 5.75 Å². The maximum Gasteiger partial charge on any atom is 0.258 e. The van der Waals surface area contributed by atoms with Gasteiger partial charge in [0.15, 0.2) is 6.61 Å². The Labute approximate surface area is 184 Å². The van der Waals surface area contributed by atoms with E-state index in [2.05, 4.69) is 28.1 Å².